The van der Waals surface area contributed by atoms with Gasteiger partial charge >= 0.3 is 12.1 Å². The lowest BCUT2D eigenvalue weighted by Crippen LogP contribution is -2.44. The van der Waals surface area contributed by atoms with Crippen molar-refractivity contribution in [2.24, 2.45) is 0 Å². The quantitative estimate of drug-likeness (QED) is 0.722. The van der Waals surface area contributed by atoms with Crippen LogP contribution in [-0.4, -0.2) is 42.3 Å². The molecular weight excluding hydrogens is 252 g/mol. The molecule has 0 radical (unpaired) electrons. The van der Waals surface area contributed by atoms with Crippen molar-refractivity contribution in [3.63, 3.8) is 0 Å². The van der Waals surface area contributed by atoms with Gasteiger partial charge in [0.1, 0.15) is 11.6 Å². The van der Waals surface area contributed by atoms with Crippen LogP contribution >= 0.6 is 0 Å². The number of carbonyl (C=O) groups excluding carboxylic acids is 3. The summed E-state index contributed by atoms with van der Waals surface area (Å²) in [4.78, 5) is 34.4. The van der Waals surface area contributed by atoms with Crippen LogP contribution in [0.4, 0.5) is 4.79 Å². The van der Waals surface area contributed by atoms with Crippen LogP contribution in [0.15, 0.2) is 0 Å². The maximum absolute atomic E-state index is 11.7. The summed E-state index contributed by atoms with van der Waals surface area (Å²) in [6.07, 6.45) is -1.02. The van der Waals surface area contributed by atoms with Gasteiger partial charge in [0, 0.05) is 13.0 Å². The molecule has 1 unspecified atom stereocenters. The Morgan fingerprint density at radius 2 is 2.05 bits per heavy atom. The first-order valence-corrected chi connectivity index (χ1v) is 6.17. The lowest BCUT2D eigenvalue weighted by atomic mass is 10.2. The lowest BCUT2D eigenvalue weighted by Gasteiger charge is -2.21. The SMILES string of the molecule is C[C@H](NC(=O)OC(C)(C)C)C(=O)OC1CCNC1=O. The number of rotatable bonds is 3. The van der Waals surface area contributed by atoms with Crippen molar-refractivity contribution in [2.75, 3.05) is 6.54 Å². The maximum Gasteiger partial charge on any atom is 0.408 e. The van der Waals surface area contributed by atoms with Gasteiger partial charge in [0.2, 0.25) is 0 Å². The summed E-state index contributed by atoms with van der Waals surface area (Å²) in [6, 6.07) is -0.872. The van der Waals surface area contributed by atoms with Gasteiger partial charge in [-0.2, -0.15) is 0 Å². The molecule has 108 valence electrons. The highest BCUT2D eigenvalue weighted by molar-refractivity contribution is 5.87. The van der Waals surface area contributed by atoms with Crippen LogP contribution in [0.1, 0.15) is 34.1 Å². The third-order valence-corrected chi connectivity index (χ3v) is 2.34. The Morgan fingerprint density at radius 3 is 2.53 bits per heavy atom. The molecule has 2 N–H and O–H groups in total. The van der Waals surface area contributed by atoms with Crippen molar-refractivity contribution in [1.29, 1.82) is 0 Å². The Balaban J connectivity index is 2.40. The van der Waals surface area contributed by atoms with Gasteiger partial charge < -0.3 is 20.1 Å². The fourth-order valence-corrected chi connectivity index (χ4v) is 1.47. The fraction of sp³-hybridized carbons (Fsp3) is 0.750. The minimum Gasteiger partial charge on any atom is -0.451 e. The van der Waals surface area contributed by atoms with E-state index in [2.05, 4.69) is 10.6 Å². The molecule has 7 heteroatoms. The molecule has 0 aromatic rings. The lowest BCUT2D eigenvalue weighted by molar-refractivity contribution is -0.155. The van der Waals surface area contributed by atoms with Crippen LogP contribution in [0.25, 0.3) is 0 Å². The molecule has 0 spiro atoms. The molecule has 19 heavy (non-hydrogen) atoms. The molecule has 2 atom stereocenters. The molecular formula is C12H20N2O5. The maximum atomic E-state index is 11.7. The van der Waals surface area contributed by atoms with Crippen molar-refractivity contribution in [2.45, 2.75) is 51.9 Å². The van der Waals surface area contributed by atoms with E-state index in [4.69, 9.17) is 9.47 Å². The van der Waals surface area contributed by atoms with Crippen molar-refractivity contribution in [3.05, 3.63) is 0 Å². The minimum atomic E-state index is -0.872. The van der Waals surface area contributed by atoms with Crippen LogP contribution in [0.2, 0.25) is 0 Å². The number of ether oxygens (including phenoxy) is 2. The molecule has 0 aromatic heterocycles. The smallest absolute Gasteiger partial charge is 0.408 e. The van der Waals surface area contributed by atoms with E-state index in [1.54, 1.807) is 20.8 Å². The summed E-state index contributed by atoms with van der Waals surface area (Å²) < 4.78 is 10.0. The summed E-state index contributed by atoms with van der Waals surface area (Å²) >= 11 is 0. The zero-order chi connectivity index (χ0) is 14.6. The van der Waals surface area contributed by atoms with E-state index in [0.29, 0.717) is 13.0 Å². The Kier molecular flexibility index (Phi) is 4.74. The van der Waals surface area contributed by atoms with Gasteiger partial charge in [-0.25, -0.2) is 9.59 Å². The van der Waals surface area contributed by atoms with Gasteiger partial charge in [-0.05, 0) is 27.7 Å². The second-order valence-electron chi connectivity index (χ2n) is 5.37. The predicted octanol–water partition coefficient (Wildman–Crippen LogP) is 0.331. The first-order chi connectivity index (χ1) is 8.69. The van der Waals surface area contributed by atoms with E-state index < -0.39 is 29.8 Å². The molecule has 0 saturated carbocycles. The second kappa shape index (κ2) is 5.90. The number of hydrogen-bond donors (Lipinski definition) is 2. The van der Waals surface area contributed by atoms with Gasteiger partial charge in [0.25, 0.3) is 5.91 Å². The van der Waals surface area contributed by atoms with Crippen LogP contribution < -0.4 is 10.6 Å². The van der Waals surface area contributed by atoms with E-state index >= 15 is 0 Å². The number of nitrogens with one attached hydrogen (secondary N) is 2. The third-order valence-electron chi connectivity index (χ3n) is 2.34. The summed E-state index contributed by atoms with van der Waals surface area (Å²) in [5, 5.41) is 4.92. The number of alkyl carbamates (subject to hydrolysis) is 1. The van der Waals surface area contributed by atoms with Crippen molar-refractivity contribution in [3.8, 4) is 0 Å². The summed E-state index contributed by atoms with van der Waals surface area (Å²) in [7, 11) is 0. The van der Waals surface area contributed by atoms with Crippen LogP contribution in [0.5, 0.6) is 0 Å². The molecule has 0 aliphatic carbocycles. The Bertz CT molecular complexity index is 375. The molecule has 1 saturated heterocycles. The van der Waals surface area contributed by atoms with E-state index in [9.17, 15) is 14.4 Å². The number of carbonyl (C=O) groups is 3. The average Bonchev–Trinajstić information content (AvgIpc) is 2.61. The molecule has 0 aromatic carbocycles. The molecule has 2 amide bonds. The van der Waals surface area contributed by atoms with Gasteiger partial charge in [-0.15, -0.1) is 0 Å². The Hall–Kier alpha value is -1.79. The van der Waals surface area contributed by atoms with Gasteiger partial charge in [0.15, 0.2) is 6.10 Å². The normalized spacial score (nSPS) is 20.4. The summed E-state index contributed by atoms with van der Waals surface area (Å²) in [5.74, 6) is -0.967. The van der Waals surface area contributed by atoms with Crippen molar-refractivity contribution >= 4 is 18.0 Å². The second-order valence-corrected chi connectivity index (χ2v) is 5.37. The highest BCUT2D eigenvalue weighted by atomic mass is 16.6. The molecule has 1 aliphatic heterocycles. The summed E-state index contributed by atoms with van der Waals surface area (Å²) in [6.45, 7) is 7.12. The highest BCUT2D eigenvalue weighted by Crippen LogP contribution is 2.08. The van der Waals surface area contributed by atoms with E-state index in [-0.39, 0.29) is 5.91 Å². The molecule has 7 nitrogen and oxygen atoms in total. The average molecular weight is 272 g/mol. The van der Waals surface area contributed by atoms with Crippen molar-refractivity contribution < 1.29 is 23.9 Å². The van der Waals surface area contributed by atoms with Gasteiger partial charge in [-0.3, -0.25) is 4.79 Å². The number of hydrogen-bond acceptors (Lipinski definition) is 5. The zero-order valence-electron chi connectivity index (χ0n) is 11.6. The van der Waals surface area contributed by atoms with Gasteiger partial charge in [0.05, 0.1) is 0 Å². The van der Waals surface area contributed by atoms with Crippen LogP contribution in [0, 0.1) is 0 Å². The molecule has 0 bridgehead atoms. The number of amides is 2. The standard InChI is InChI=1S/C12H20N2O5/c1-7(14-11(17)19-12(2,3)4)10(16)18-8-5-6-13-9(8)15/h7-8H,5-6H2,1-4H3,(H,13,15)(H,14,17)/t7-,8?/m0/s1. The van der Waals surface area contributed by atoms with E-state index in [1.165, 1.54) is 6.92 Å². The van der Waals surface area contributed by atoms with Crippen molar-refractivity contribution in [1.82, 2.24) is 10.6 Å². The number of esters is 1. The largest absolute Gasteiger partial charge is 0.451 e. The Labute approximate surface area is 112 Å². The highest BCUT2D eigenvalue weighted by Gasteiger charge is 2.30. The first kappa shape index (κ1) is 15.3. The summed E-state index contributed by atoms with van der Waals surface area (Å²) in [5.41, 5.74) is -0.640. The predicted molar refractivity (Wildman–Crippen MR) is 66.3 cm³/mol. The zero-order valence-corrected chi connectivity index (χ0v) is 11.6. The molecule has 1 aliphatic rings. The molecule has 1 heterocycles. The minimum absolute atomic E-state index is 0.308. The molecule has 1 rings (SSSR count). The third kappa shape index (κ3) is 5.15. The van der Waals surface area contributed by atoms with Crippen LogP contribution in [-0.2, 0) is 19.1 Å². The fourth-order valence-electron chi connectivity index (χ4n) is 1.47. The monoisotopic (exact) mass is 272 g/mol. The Morgan fingerprint density at radius 1 is 1.42 bits per heavy atom. The topological polar surface area (TPSA) is 93.7 Å². The van der Waals surface area contributed by atoms with Crippen LogP contribution in [0.3, 0.4) is 0 Å². The van der Waals surface area contributed by atoms with Gasteiger partial charge in [-0.1, -0.05) is 0 Å². The van der Waals surface area contributed by atoms with E-state index in [1.807, 2.05) is 0 Å². The first-order valence-electron chi connectivity index (χ1n) is 6.17. The van der Waals surface area contributed by atoms with E-state index in [0.717, 1.165) is 0 Å². The molecule has 1 fully saturated rings.